The second-order valence-electron chi connectivity index (χ2n) is 14.4. The molecule has 0 spiro atoms. The lowest BCUT2D eigenvalue weighted by molar-refractivity contribution is 0.622. The van der Waals surface area contributed by atoms with Crippen LogP contribution in [0.5, 0.6) is 0 Å². The number of furan rings is 1. The van der Waals surface area contributed by atoms with E-state index >= 15 is 0 Å². The Morgan fingerprint density at radius 1 is 0.386 bits per heavy atom. The van der Waals surface area contributed by atoms with Crippen LogP contribution < -0.4 is 4.90 Å². The van der Waals surface area contributed by atoms with Gasteiger partial charge in [0.05, 0.1) is 11.1 Å². The van der Waals surface area contributed by atoms with Crippen LogP contribution >= 0.6 is 0 Å². The normalized spacial score (nSPS) is 11.5. The molecule has 0 aliphatic heterocycles. The van der Waals surface area contributed by atoms with Gasteiger partial charge in [-0.2, -0.15) is 0 Å². The fourth-order valence-electron chi connectivity index (χ4n) is 8.06. The topological polar surface area (TPSA) is 42.4 Å². The molecule has 11 aromatic rings. The highest BCUT2D eigenvalue weighted by Crippen LogP contribution is 2.43. The number of fused-ring (bicyclic) bond motifs is 6. The van der Waals surface area contributed by atoms with Crippen LogP contribution in [0, 0.1) is 0 Å². The summed E-state index contributed by atoms with van der Waals surface area (Å²) in [6.45, 7) is 0. The zero-order chi connectivity index (χ0) is 37.7. The standard InChI is InChI=1S/C53H34N2O2/c1-3-12-38(13-4-1)45-17-9-10-18-48(45)55(43-26-21-36(22-27-43)41-20-19-35-11-7-8-16-40(35)33-41)44-28-23-37(24-29-44)42-25-31-49-46(34-42)51-50(56-49)32-30-47-52(51)57-53(54-47)39-14-5-2-6-15-39/h1-34H. The number of aromatic nitrogens is 1. The van der Waals surface area contributed by atoms with Crippen LogP contribution in [0.25, 0.3) is 88.6 Å². The summed E-state index contributed by atoms with van der Waals surface area (Å²) in [4.78, 5) is 7.17. The zero-order valence-electron chi connectivity index (χ0n) is 30.8. The third-order valence-corrected chi connectivity index (χ3v) is 10.9. The van der Waals surface area contributed by atoms with Crippen molar-refractivity contribution in [3.05, 3.63) is 206 Å². The van der Waals surface area contributed by atoms with Crippen LogP contribution in [0.1, 0.15) is 0 Å². The molecule has 0 bridgehead atoms. The van der Waals surface area contributed by atoms with E-state index in [1.807, 2.05) is 42.5 Å². The first-order chi connectivity index (χ1) is 28.2. The Hall–Kier alpha value is -7.69. The maximum Gasteiger partial charge on any atom is 0.227 e. The third-order valence-electron chi connectivity index (χ3n) is 10.9. The van der Waals surface area contributed by atoms with E-state index in [9.17, 15) is 0 Å². The number of nitrogens with zero attached hydrogens (tertiary/aromatic N) is 2. The van der Waals surface area contributed by atoms with Crippen molar-refractivity contribution in [1.82, 2.24) is 4.98 Å². The van der Waals surface area contributed by atoms with Gasteiger partial charge >= 0.3 is 0 Å². The fraction of sp³-hybridized carbons (Fsp3) is 0. The van der Waals surface area contributed by atoms with Gasteiger partial charge in [-0.1, -0.05) is 133 Å². The van der Waals surface area contributed by atoms with Crippen LogP contribution in [-0.4, -0.2) is 4.98 Å². The van der Waals surface area contributed by atoms with Gasteiger partial charge in [-0.25, -0.2) is 4.98 Å². The molecular weight excluding hydrogens is 697 g/mol. The first-order valence-electron chi connectivity index (χ1n) is 19.2. The molecule has 0 saturated carbocycles. The summed E-state index contributed by atoms with van der Waals surface area (Å²) in [5.74, 6) is 0.598. The summed E-state index contributed by atoms with van der Waals surface area (Å²) < 4.78 is 12.7. The van der Waals surface area contributed by atoms with Crippen LogP contribution in [0.2, 0.25) is 0 Å². The Bertz CT molecular complexity index is 3220. The summed E-state index contributed by atoms with van der Waals surface area (Å²) in [5.41, 5.74) is 14.2. The van der Waals surface area contributed by atoms with Gasteiger partial charge in [0.15, 0.2) is 5.58 Å². The van der Waals surface area contributed by atoms with Crippen molar-refractivity contribution in [2.45, 2.75) is 0 Å². The Labute approximate surface area is 329 Å². The number of anilines is 3. The molecule has 0 amide bonds. The summed E-state index contributed by atoms with van der Waals surface area (Å²) in [6, 6.07) is 72.5. The predicted molar refractivity (Wildman–Crippen MR) is 235 cm³/mol. The van der Waals surface area contributed by atoms with E-state index in [1.54, 1.807) is 0 Å². The number of rotatable bonds is 7. The molecule has 0 unspecified atom stereocenters. The molecule has 0 atom stereocenters. The average molecular weight is 731 g/mol. The molecule has 2 heterocycles. The lowest BCUT2D eigenvalue weighted by Crippen LogP contribution is -2.11. The van der Waals surface area contributed by atoms with Crippen molar-refractivity contribution in [2.75, 3.05) is 4.90 Å². The van der Waals surface area contributed by atoms with Gasteiger partial charge in [0.25, 0.3) is 0 Å². The summed E-state index contributed by atoms with van der Waals surface area (Å²) >= 11 is 0. The van der Waals surface area contributed by atoms with Crippen molar-refractivity contribution in [3.8, 4) is 44.8 Å². The lowest BCUT2D eigenvalue weighted by atomic mass is 9.99. The maximum atomic E-state index is 6.42. The Morgan fingerprint density at radius 2 is 0.965 bits per heavy atom. The van der Waals surface area contributed by atoms with Crippen LogP contribution in [-0.2, 0) is 0 Å². The van der Waals surface area contributed by atoms with E-state index < -0.39 is 0 Å². The molecule has 4 heteroatoms. The maximum absolute atomic E-state index is 6.42. The molecule has 0 N–H and O–H groups in total. The predicted octanol–water partition coefficient (Wildman–Crippen LogP) is 15.0. The third kappa shape index (κ3) is 5.83. The van der Waals surface area contributed by atoms with Gasteiger partial charge in [-0.15, -0.1) is 0 Å². The molecule has 0 radical (unpaired) electrons. The van der Waals surface area contributed by atoms with Gasteiger partial charge in [0.1, 0.15) is 16.7 Å². The van der Waals surface area contributed by atoms with Crippen LogP contribution in [0.15, 0.2) is 215 Å². The van der Waals surface area contributed by atoms with Gasteiger partial charge in [-0.3, -0.25) is 0 Å². The number of benzene rings is 9. The summed E-state index contributed by atoms with van der Waals surface area (Å²) in [7, 11) is 0. The minimum Gasteiger partial charge on any atom is -0.456 e. The first kappa shape index (κ1) is 32.7. The summed E-state index contributed by atoms with van der Waals surface area (Å²) in [5, 5.41) is 4.41. The molecule has 57 heavy (non-hydrogen) atoms. The zero-order valence-corrected chi connectivity index (χ0v) is 30.8. The van der Waals surface area contributed by atoms with E-state index in [0.29, 0.717) is 5.89 Å². The molecule has 0 aliphatic rings. The van der Waals surface area contributed by atoms with Crippen molar-refractivity contribution in [1.29, 1.82) is 0 Å². The largest absolute Gasteiger partial charge is 0.456 e. The fourth-order valence-corrected chi connectivity index (χ4v) is 8.06. The highest BCUT2D eigenvalue weighted by Gasteiger charge is 2.19. The smallest absolute Gasteiger partial charge is 0.227 e. The minimum atomic E-state index is 0.598. The number of oxazole rings is 1. The molecule has 9 aromatic carbocycles. The second kappa shape index (κ2) is 13.6. The molecule has 4 nitrogen and oxygen atoms in total. The molecular formula is C53H34N2O2. The molecule has 0 saturated heterocycles. The van der Waals surface area contributed by atoms with Crippen molar-refractivity contribution < 1.29 is 8.83 Å². The second-order valence-corrected chi connectivity index (χ2v) is 14.4. The molecule has 2 aromatic heterocycles. The van der Waals surface area contributed by atoms with Gasteiger partial charge in [0, 0.05) is 27.9 Å². The number of para-hydroxylation sites is 1. The Balaban J connectivity index is 0.995. The van der Waals surface area contributed by atoms with E-state index in [-0.39, 0.29) is 0 Å². The number of hydrogen-bond donors (Lipinski definition) is 0. The van der Waals surface area contributed by atoms with Crippen molar-refractivity contribution in [3.63, 3.8) is 0 Å². The van der Waals surface area contributed by atoms with Gasteiger partial charge < -0.3 is 13.7 Å². The minimum absolute atomic E-state index is 0.598. The van der Waals surface area contributed by atoms with Gasteiger partial charge in [-0.05, 0) is 111 Å². The van der Waals surface area contributed by atoms with Crippen molar-refractivity contribution in [2.24, 2.45) is 0 Å². The molecule has 11 rings (SSSR count). The quantitative estimate of drug-likeness (QED) is 0.164. The first-order valence-corrected chi connectivity index (χ1v) is 19.2. The van der Waals surface area contributed by atoms with Crippen molar-refractivity contribution >= 4 is 60.9 Å². The van der Waals surface area contributed by atoms with E-state index in [2.05, 4.69) is 169 Å². The molecule has 268 valence electrons. The van der Waals surface area contributed by atoms with Crippen LogP contribution in [0.3, 0.4) is 0 Å². The SMILES string of the molecule is c1ccc(-c2nc3ccc4oc5ccc(-c6ccc(N(c7ccc(-c8ccc9ccccc9c8)cc7)c7ccccc7-c7ccccc7)cc6)cc5c4c3o2)cc1. The van der Waals surface area contributed by atoms with E-state index in [4.69, 9.17) is 13.8 Å². The highest BCUT2D eigenvalue weighted by atomic mass is 16.4. The number of hydrogen-bond acceptors (Lipinski definition) is 4. The van der Waals surface area contributed by atoms with E-state index in [1.165, 1.54) is 27.5 Å². The Kier molecular flexibility index (Phi) is 7.78. The van der Waals surface area contributed by atoms with Gasteiger partial charge in [0.2, 0.25) is 5.89 Å². The Morgan fingerprint density at radius 3 is 1.70 bits per heavy atom. The summed E-state index contributed by atoms with van der Waals surface area (Å²) in [6.07, 6.45) is 0. The highest BCUT2D eigenvalue weighted by molar-refractivity contribution is 6.17. The lowest BCUT2D eigenvalue weighted by Gasteiger charge is -2.28. The van der Waals surface area contributed by atoms with E-state index in [0.717, 1.165) is 72.4 Å². The molecule has 0 aliphatic carbocycles. The molecule has 0 fully saturated rings. The monoisotopic (exact) mass is 730 g/mol. The average Bonchev–Trinajstić information content (AvgIpc) is 3.89. The van der Waals surface area contributed by atoms with Crippen LogP contribution in [0.4, 0.5) is 17.1 Å².